The number of nitrogens with zero attached hydrogens (tertiary/aromatic N) is 4. The molecule has 0 unspecified atom stereocenters. The quantitative estimate of drug-likeness (QED) is 0.400. The van der Waals surface area contributed by atoms with Crippen molar-refractivity contribution < 1.29 is 4.42 Å². The van der Waals surface area contributed by atoms with Crippen molar-refractivity contribution in [1.29, 1.82) is 0 Å². The highest BCUT2D eigenvalue weighted by Gasteiger charge is 2.20. The molecule has 0 aliphatic rings. The van der Waals surface area contributed by atoms with Crippen LogP contribution in [-0.2, 0) is 0 Å². The van der Waals surface area contributed by atoms with Crippen LogP contribution in [0.5, 0.6) is 0 Å². The number of hydrogen-bond acceptors (Lipinski definition) is 4. The molecule has 0 amide bonds. The molecule has 3 heterocycles. The monoisotopic (exact) mass is 404 g/mol. The Kier molecular flexibility index (Phi) is 3.39. The van der Waals surface area contributed by atoms with Gasteiger partial charge in [-0.2, -0.15) is 0 Å². The third-order valence-electron chi connectivity index (χ3n) is 4.31. The molecule has 0 saturated carbocycles. The molecule has 26 heavy (non-hydrogen) atoms. The van der Waals surface area contributed by atoms with Gasteiger partial charge in [-0.1, -0.05) is 28.1 Å². The molecule has 0 aliphatic heterocycles. The zero-order chi connectivity index (χ0) is 17.7. The Morgan fingerprint density at radius 3 is 2.46 bits per heavy atom. The van der Waals surface area contributed by atoms with Crippen molar-refractivity contribution in [3.8, 4) is 17.3 Å². The van der Waals surface area contributed by atoms with Gasteiger partial charge < -0.3 is 4.42 Å². The fourth-order valence-corrected chi connectivity index (χ4v) is 3.60. The zero-order valence-electron chi connectivity index (χ0n) is 13.8. The van der Waals surface area contributed by atoms with Gasteiger partial charge in [-0.3, -0.25) is 4.57 Å². The molecule has 3 aromatic heterocycles. The van der Waals surface area contributed by atoms with E-state index >= 15 is 0 Å². The molecule has 0 saturated heterocycles. The van der Waals surface area contributed by atoms with Gasteiger partial charge in [-0.15, -0.1) is 0 Å². The maximum atomic E-state index is 5.62. The third-order valence-corrected chi connectivity index (χ3v) is 4.80. The van der Waals surface area contributed by atoms with Gasteiger partial charge in [0.15, 0.2) is 22.9 Å². The van der Waals surface area contributed by atoms with Gasteiger partial charge in [0.05, 0.1) is 23.0 Å². The van der Waals surface area contributed by atoms with Crippen molar-refractivity contribution in [3.05, 3.63) is 70.9 Å². The van der Waals surface area contributed by atoms with E-state index in [1.54, 1.807) is 6.26 Å². The predicted molar refractivity (Wildman–Crippen MR) is 104 cm³/mol. The van der Waals surface area contributed by atoms with Gasteiger partial charge in [0.25, 0.3) is 0 Å². The van der Waals surface area contributed by atoms with Crippen LogP contribution in [0.15, 0.2) is 69.8 Å². The van der Waals surface area contributed by atoms with Crippen LogP contribution in [-0.4, -0.2) is 19.5 Å². The molecule has 0 radical (unpaired) electrons. The lowest BCUT2D eigenvalue weighted by Gasteiger charge is -2.11. The maximum Gasteiger partial charge on any atom is 0.199 e. The molecule has 126 valence electrons. The first-order chi connectivity index (χ1) is 12.7. The molecule has 0 aliphatic carbocycles. The molecular weight excluding hydrogens is 392 g/mol. The van der Waals surface area contributed by atoms with Crippen LogP contribution in [0.25, 0.3) is 39.6 Å². The van der Waals surface area contributed by atoms with E-state index in [9.17, 15) is 0 Å². The van der Waals surface area contributed by atoms with E-state index in [4.69, 9.17) is 19.4 Å². The molecule has 2 aromatic carbocycles. The molecule has 5 nitrogen and oxygen atoms in total. The summed E-state index contributed by atoms with van der Waals surface area (Å²) in [6.45, 7) is 2.06. The summed E-state index contributed by atoms with van der Waals surface area (Å²) in [4.78, 5) is 14.3. The lowest BCUT2D eigenvalue weighted by molar-refractivity contribution is 0.576. The second-order valence-corrected chi connectivity index (χ2v) is 6.95. The lowest BCUT2D eigenvalue weighted by atomic mass is 10.2. The summed E-state index contributed by atoms with van der Waals surface area (Å²) in [5.74, 6) is 1.36. The van der Waals surface area contributed by atoms with Gasteiger partial charge in [0.1, 0.15) is 0 Å². The first-order valence-electron chi connectivity index (χ1n) is 8.16. The SMILES string of the molecule is Cc1cc(Br)ccc1-n1c(-c2ccco2)nc2nc3ccccc3nc21. The number of furan rings is 1. The number of halogens is 1. The van der Waals surface area contributed by atoms with E-state index in [0.717, 1.165) is 26.8 Å². The van der Waals surface area contributed by atoms with Crippen molar-refractivity contribution in [2.75, 3.05) is 0 Å². The van der Waals surface area contributed by atoms with Gasteiger partial charge in [0.2, 0.25) is 0 Å². The van der Waals surface area contributed by atoms with Crippen LogP contribution in [0, 0.1) is 6.92 Å². The molecular formula is C20H13BrN4O. The average Bonchev–Trinajstić information content (AvgIpc) is 3.27. The lowest BCUT2D eigenvalue weighted by Crippen LogP contribution is -2.01. The second kappa shape index (κ2) is 5.78. The number of imidazole rings is 1. The summed E-state index contributed by atoms with van der Waals surface area (Å²) in [5, 5.41) is 0. The summed E-state index contributed by atoms with van der Waals surface area (Å²) in [6, 6.07) is 17.7. The fourth-order valence-electron chi connectivity index (χ4n) is 3.13. The standard InChI is InChI=1S/C20H13BrN4O/c1-12-11-13(21)8-9-16(12)25-19(17-7-4-10-26-17)24-18-20(25)23-15-6-3-2-5-14(15)22-18/h2-11H,1H3. The van der Waals surface area contributed by atoms with Crippen molar-refractivity contribution in [2.24, 2.45) is 0 Å². The van der Waals surface area contributed by atoms with E-state index in [1.165, 1.54) is 0 Å². The summed E-state index contributed by atoms with van der Waals surface area (Å²) in [5.41, 5.74) is 5.05. The molecule has 5 rings (SSSR count). The number of fused-ring (bicyclic) bond motifs is 2. The van der Waals surface area contributed by atoms with Crippen molar-refractivity contribution >= 4 is 38.3 Å². The number of para-hydroxylation sites is 2. The van der Waals surface area contributed by atoms with Gasteiger partial charge in [0, 0.05) is 4.47 Å². The van der Waals surface area contributed by atoms with Crippen molar-refractivity contribution in [2.45, 2.75) is 6.92 Å². The van der Waals surface area contributed by atoms with Gasteiger partial charge in [-0.05, 0) is 55.0 Å². The third kappa shape index (κ3) is 2.34. The smallest absolute Gasteiger partial charge is 0.199 e. The van der Waals surface area contributed by atoms with Crippen molar-refractivity contribution in [3.63, 3.8) is 0 Å². The van der Waals surface area contributed by atoms with Gasteiger partial charge >= 0.3 is 0 Å². The first-order valence-corrected chi connectivity index (χ1v) is 8.95. The minimum Gasteiger partial charge on any atom is -0.461 e. The van der Waals surface area contributed by atoms with E-state index in [0.29, 0.717) is 22.9 Å². The largest absolute Gasteiger partial charge is 0.461 e. The Morgan fingerprint density at radius 2 is 1.73 bits per heavy atom. The van der Waals surface area contributed by atoms with Crippen molar-refractivity contribution in [1.82, 2.24) is 19.5 Å². The molecule has 0 fully saturated rings. The number of benzene rings is 2. The number of rotatable bonds is 2. The van der Waals surface area contributed by atoms with Crippen LogP contribution in [0.3, 0.4) is 0 Å². The normalized spacial score (nSPS) is 11.5. The van der Waals surface area contributed by atoms with Crippen LogP contribution in [0.2, 0.25) is 0 Å². The predicted octanol–water partition coefficient (Wildman–Crippen LogP) is 5.30. The van der Waals surface area contributed by atoms with Crippen LogP contribution >= 0.6 is 15.9 Å². The molecule has 0 atom stereocenters. The summed E-state index contributed by atoms with van der Waals surface area (Å²) in [7, 11) is 0. The maximum absolute atomic E-state index is 5.62. The van der Waals surface area contributed by atoms with E-state index in [1.807, 2.05) is 53.1 Å². The number of aryl methyl sites for hydroxylation is 1. The number of hydrogen-bond donors (Lipinski definition) is 0. The van der Waals surface area contributed by atoms with E-state index < -0.39 is 0 Å². The topological polar surface area (TPSA) is 56.7 Å². The highest BCUT2D eigenvalue weighted by Crippen LogP contribution is 2.30. The Bertz CT molecular complexity index is 1260. The highest BCUT2D eigenvalue weighted by atomic mass is 79.9. The second-order valence-electron chi connectivity index (χ2n) is 6.04. The molecule has 0 spiro atoms. The van der Waals surface area contributed by atoms with Crippen LogP contribution in [0.4, 0.5) is 0 Å². The minimum atomic E-state index is 0.595. The zero-order valence-corrected chi connectivity index (χ0v) is 15.4. The first kappa shape index (κ1) is 15.3. The molecule has 0 N–H and O–H groups in total. The highest BCUT2D eigenvalue weighted by molar-refractivity contribution is 9.10. The fraction of sp³-hybridized carbons (Fsp3) is 0.0500. The number of aromatic nitrogens is 4. The Hall–Kier alpha value is -2.99. The Morgan fingerprint density at radius 1 is 0.923 bits per heavy atom. The van der Waals surface area contributed by atoms with Crippen LogP contribution < -0.4 is 0 Å². The summed E-state index contributed by atoms with van der Waals surface area (Å²) < 4.78 is 8.66. The molecule has 0 bridgehead atoms. The Balaban J connectivity index is 1.91. The van der Waals surface area contributed by atoms with E-state index in [2.05, 4.69) is 28.9 Å². The molecule has 6 heteroatoms. The van der Waals surface area contributed by atoms with Crippen LogP contribution in [0.1, 0.15) is 5.56 Å². The minimum absolute atomic E-state index is 0.595. The molecule has 5 aromatic rings. The average molecular weight is 405 g/mol. The summed E-state index contributed by atoms with van der Waals surface area (Å²) >= 11 is 3.53. The summed E-state index contributed by atoms with van der Waals surface area (Å²) in [6.07, 6.45) is 1.64. The van der Waals surface area contributed by atoms with Gasteiger partial charge in [-0.25, -0.2) is 15.0 Å². The Labute approximate surface area is 157 Å². The van der Waals surface area contributed by atoms with E-state index in [-0.39, 0.29) is 0 Å².